The number of carbonyl (C=O) groups is 2. The Morgan fingerprint density at radius 2 is 1.94 bits per heavy atom. The van der Waals surface area contributed by atoms with Crippen molar-refractivity contribution >= 4 is 39.3 Å². The largest absolute Gasteiger partial charge is 0.468 e. The van der Waals surface area contributed by atoms with Crippen LogP contribution in [-0.4, -0.2) is 24.2 Å². The zero-order valence-corrected chi connectivity index (χ0v) is 10.9. The van der Waals surface area contributed by atoms with E-state index in [1.165, 1.54) is 7.11 Å². The molecule has 0 bridgehead atoms. The number of Topliss-reactive ketones (excluding diaryl/α,β-unsaturated/α-hetero) is 1. The molecule has 1 aromatic carbocycles. The van der Waals surface area contributed by atoms with Crippen molar-refractivity contribution < 1.29 is 14.3 Å². The number of methoxy groups -OCH3 is 1. The van der Waals surface area contributed by atoms with Crippen molar-refractivity contribution in [2.45, 2.75) is 0 Å². The van der Waals surface area contributed by atoms with Gasteiger partial charge in [-0.1, -0.05) is 27.5 Å². The molecule has 0 radical (unpaired) electrons. The second kappa shape index (κ2) is 6.01. The number of alkyl halides is 1. The van der Waals surface area contributed by atoms with Crippen LogP contribution in [0.2, 0.25) is 5.02 Å². The third-order valence-corrected chi connectivity index (χ3v) is 2.98. The van der Waals surface area contributed by atoms with Crippen LogP contribution in [0.4, 0.5) is 0 Å². The summed E-state index contributed by atoms with van der Waals surface area (Å²) in [5, 5.41) is 0.784. The van der Waals surface area contributed by atoms with Crippen molar-refractivity contribution in [2.24, 2.45) is 5.92 Å². The second-order valence-electron chi connectivity index (χ2n) is 3.10. The average molecular weight is 306 g/mol. The summed E-state index contributed by atoms with van der Waals surface area (Å²) in [6.45, 7) is 0. The Kier molecular flexibility index (Phi) is 4.96. The van der Waals surface area contributed by atoms with E-state index in [-0.39, 0.29) is 11.1 Å². The van der Waals surface area contributed by atoms with E-state index < -0.39 is 11.9 Å². The SMILES string of the molecule is COC(=O)C(CBr)C(=O)c1ccc(Cl)cc1. The Labute approximate surface area is 107 Å². The fourth-order valence-corrected chi connectivity index (χ4v) is 1.88. The molecule has 3 nitrogen and oxygen atoms in total. The van der Waals surface area contributed by atoms with E-state index in [0.717, 1.165) is 0 Å². The van der Waals surface area contributed by atoms with Gasteiger partial charge in [0, 0.05) is 15.9 Å². The summed E-state index contributed by atoms with van der Waals surface area (Å²) in [5.41, 5.74) is 0.444. The van der Waals surface area contributed by atoms with Gasteiger partial charge < -0.3 is 4.74 Å². The zero-order valence-electron chi connectivity index (χ0n) is 8.57. The number of benzene rings is 1. The van der Waals surface area contributed by atoms with E-state index in [1.807, 2.05) is 0 Å². The molecule has 86 valence electrons. The molecule has 0 saturated carbocycles. The smallest absolute Gasteiger partial charge is 0.317 e. The van der Waals surface area contributed by atoms with Crippen molar-refractivity contribution in [1.29, 1.82) is 0 Å². The maximum absolute atomic E-state index is 11.9. The minimum atomic E-state index is -0.814. The number of hydrogen-bond acceptors (Lipinski definition) is 3. The molecule has 0 aliphatic heterocycles. The van der Waals surface area contributed by atoms with Crippen molar-refractivity contribution in [3.05, 3.63) is 34.9 Å². The van der Waals surface area contributed by atoms with Crippen LogP contribution in [0.25, 0.3) is 0 Å². The third kappa shape index (κ3) is 3.06. The highest BCUT2D eigenvalue weighted by Gasteiger charge is 2.27. The van der Waals surface area contributed by atoms with E-state index in [4.69, 9.17) is 11.6 Å². The molecule has 0 spiro atoms. The Bertz CT molecular complexity index is 389. The van der Waals surface area contributed by atoms with E-state index in [9.17, 15) is 9.59 Å². The number of rotatable bonds is 4. The lowest BCUT2D eigenvalue weighted by Crippen LogP contribution is -2.26. The number of ketones is 1. The van der Waals surface area contributed by atoms with Gasteiger partial charge in [-0.3, -0.25) is 9.59 Å². The molecule has 0 amide bonds. The topological polar surface area (TPSA) is 43.4 Å². The molecule has 0 aromatic heterocycles. The Balaban J connectivity index is 2.91. The quantitative estimate of drug-likeness (QED) is 0.372. The molecule has 5 heteroatoms. The number of hydrogen-bond donors (Lipinski definition) is 0. The molecule has 1 rings (SSSR count). The van der Waals surface area contributed by atoms with Gasteiger partial charge in [0.05, 0.1) is 7.11 Å². The van der Waals surface area contributed by atoms with Crippen LogP contribution >= 0.6 is 27.5 Å². The normalized spacial score (nSPS) is 11.9. The number of ether oxygens (including phenoxy) is 1. The van der Waals surface area contributed by atoms with Crippen LogP contribution in [-0.2, 0) is 9.53 Å². The van der Waals surface area contributed by atoms with Crippen molar-refractivity contribution in [2.75, 3.05) is 12.4 Å². The van der Waals surface area contributed by atoms with Gasteiger partial charge in [-0.2, -0.15) is 0 Å². The number of carbonyl (C=O) groups excluding carboxylic acids is 2. The summed E-state index contributed by atoms with van der Waals surface area (Å²) in [5.74, 6) is -1.64. The summed E-state index contributed by atoms with van der Waals surface area (Å²) in [6, 6.07) is 6.39. The van der Waals surface area contributed by atoms with Crippen molar-refractivity contribution in [3.63, 3.8) is 0 Å². The van der Waals surface area contributed by atoms with Crippen LogP contribution in [0.3, 0.4) is 0 Å². The molecular weight excluding hydrogens is 295 g/mol. The lowest BCUT2D eigenvalue weighted by Gasteiger charge is -2.10. The van der Waals surface area contributed by atoms with Gasteiger partial charge in [0.15, 0.2) is 5.78 Å². The average Bonchev–Trinajstić information content (AvgIpc) is 2.30. The van der Waals surface area contributed by atoms with Gasteiger partial charge in [-0.05, 0) is 24.3 Å². The van der Waals surface area contributed by atoms with Gasteiger partial charge in [-0.25, -0.2) is 0 Å². The lowest BCUT2D eigenvalue weighted by atomic mass is 10.00. The Morgan fingerprint density at radius 1 is 1.38 bits per heavy atom. The third-order valence-electron chi connectivity index (χ3n) is 2.09. The van der Waals surface area contributed by atoms with Gasteiger partial charge >= 0.3 is 5.97 Å². The van der Waals surface area contributed by atoms with E-state index in [0.29, 0.717) is 10.6 Å². The Morgan fingerprint density at radius 3 is 2.38 bits per heavy atom. The van der Waals surface area contributed by atoms with Gasteiger partial charge in [0.2, 0.25) is 0 Å². The monoisotopic (exact) mass is 304 g/mol. The second-order valence-corrected chi connectivity index (χ2v) is 4.19. The van der Waals surface area contributed by atoms with E-state index in [2.05, 4.69) is 20.7 Å². The van der Waals surface area contributed by atoms with Gasteiger partial charge in [0.1, 0.15) is 5.92 Å². The molecule has 1 aromatic rings. The summed E-state index contributed by atoms with van der Waals surface area (Å²) in [7, 11) is 1.26. The first-order chi connectivity index (χ1) is 7.60. The predicted octanol–water partition coefficient (Wildman–Crippen LogP) is 2.71. The van der Waals surface area contributed by atoms with Crippen LogP contribution in [0, 0.1) is 5.92 Å². The molecule has 0 N–H and O–H groups in total. The minimum absolute atomic E-state index is 0.237. The van der Waals surface area contributed by atoms with Crippen LogP contribution in [0.5, 0.6) is 0 Å². The van der Waals surface area contributed by atoms with Crippen LogP contribution < -0.4 is 0 Å². The molecule has 0 saturated heterocycles. The molecule has 0 aliphatic rings. The minimum Gasteiger partial charge on any atom is -0.468 e. The van der Waals surface area contributed by atoms with E-state index >= 15 is 0 Å². The molecule has 0 aliphatic carbocycles. The Hall–Kier alpha value is -0.870. The molecule has 1 unspecified atom stereocenters. The van der Waals surface area contributed by atoms with Crippen molar-refractivity contribution in [1.82, 2.24) is 0 Å². The van der Waals surface area contributed by atoms with Gasteiger partial charge in [-0.15, -0.1) is 0 Å². The maximum atomic E-state index is 11.9. The first-order valence-electron chi connectivity index (χ1n) is 4.53. The summed E-state index contributed by atoms with van der Waals surface area (Å²) in [6.07, 6.45) is 0. The summed E-state index contributed by atoms with van der Waals surface area (Å²) >= 11 is 8.83. The number of halogens is 2. The summed E-state index contributed by atoms with van der Waals surface area (Å²) < 4.78 is 4.55. The first-order valence-corrected chi connectivity index (χ1v) is 6.03. The van der Waals surface area contributed by atoms with Crippen LogP contribution in [0.15, 0.2) is 24.3 Å². The fourth-order valence-electron chi connectivity index (χ4n) is 1.20. The predicted molar refractivity (Wildman–Crippen MR) is 65.1 cm³/mol. The zero-order chi connectivity index (χ0) is 12.1. The molecule has 1 atom stereocenters. The fraction of sp³-hybridized carbons (Fsp3) is 0.273. The molecule has 16 heavy (non-hydrogen) atoms. The highest BCUT2D eigenvalue weighted by atomic mass is 79.9. The van der Waals surface area contributed by atoms with E-state index in [1.54, 1.807) is 24.3 Å². The van der Waals surface area contributed by atoms with Crippen LogP contribution in [0.1, 0.15) is 10.4 Å². The highest BCUT2D eigenvalue weighted by molar-refractivity contribution is 9.09. The molecular formula is C11H10BrClO3. The molecule has 0 heterocycles. The standard InChI is InChI=1S/C11H10BrClO3/c1-16-11(15)9(6-12)10(14)7-2-4-8(13)5-3-7/h2-5,9H,6H2,1H3. The highest BCUT2D eigenvalue weighted by Crippen LogP contribution is 2.16. The molecule has 0 fully saturated rings. The lowest BCUT2D eigenvalue weighted by molar-refractivity contribution is -0.142. The van der Waals surface area contributed by atoms with Crippen molar-refractivity contribution in [3.8, 4) is 0 Å². The summed E-state index contributed by atoms with van der Waals surface area (Å²) in [4.78, 5) is 23.2. The van der Waals surface area contributed by atoms with Gasteiger partial charge in [0.25, 0.3) is 0 Å². The number of esters is 1. The maximum Gasteiger partial charge on any atom is 0.317 e. The first kappa shape index (κ1) is 13.2.